The average molecular weight is 1050 g/mol. The number of unbranched alkanes of at least 4 members (excludes halogenated alkanes) is 34. The molecule has 0 saturated carbocycles. The van der Waals surface area contributed by atoms with Gasteiger partial charge in [0.1, 0.15) is 24.4 Å². The third-order valence-corrected chi connectivity index (χ3v) is 14.8. The molecule has 7 unspecified atom stereocenters. The van der Waals surface area contributed by atoms with Crippen molar-refractivity contribution in [3.8, 4) is 0 Å². The van der Waals surface area contributed by atoms with Gasteiger partial charge in [-0.3, -0.25) is 4.79 Å². The maximum atomic E-state index is 13.1. The summed E-state index contributed by atoms with van der Waals surface area (Å²) in [5, 5.41) is 54.5. The SMILES string of the molecule is CC/C=C\C/C=C\C/C=C\C/C=C\CCCCCCCCCCCCCCCCCCCCCCCCC(=O)NC(COC1OC(CO)C(O)C(O)C1O)C(O)/C=C/CC/C=C/CCCCCCCCCCCCC. The molecular formula is C66H119NO8. The number of hydrogen-bond donors (Lipinski definition) is 6. The van der Waals surface area contributed by atoms with Crippen LogP contribution in [-0.4, -0.2) is 87.5 Å². The first-order chi connectivity index (χ1) is 36.8. The summed E-state index contributed by atoms with van der Waals surface area (Å²) in [5.74, 6) is -0.184. The largest absolute Gasteiger partial charge is 0.394 e. The minimum absolute atomic E-state index is 0.184. The number of aliphatic hydroxyl groups excluding tert-OH is 5. The molecule has 1 heterocycles. The molecule has 9 heteroatoms. The Balaban J connectivity index is 2.12. The van der Waals surface area contributed by atoms with Crippen LogP contribution in [-0.2, 0) is 14.3 Å². The summed E-state index contributed by atoms with van der Waals surface area (Å²) in [7, 11) is 0. The molecule has 1 aliphatic rings. The summed E-state index contributed by atoms with van der Waals surface area (Å²) in [6.07, 6.45) is 70.0. The van der Waals surface area contributed by atoms with Crippen molar-refractivity contribution in [2.75, 3.05) is 13.2 Å². The highest BCUT2D eigenvalue weighted by atomic mass is 16.7. The van der Waals surface area contributed by atoms with E-state index >= 15 is 0 Å². The second-order valence-electron chi connectivity index (χ2n) is 21.8. The third-order valence-electron chi connectivity index (χ3n) is 14.8. The van der Waals surface area contributed by atoms with Crippen molar-refractivity contribution in [2.45, 2.75) is 326 Å². The van der Waals surface area contributed by atoms with Crippen LogP contribution in [0.5, 0.6) is 0 Å². The van der Waals surface area contributed by atoms with Crippen LogP contribution in [0.3, 0.4) is 0 Å². The van der Waals surface area contributed by atoms with Crippen molar-refractivity contribution in [3.05, 3.63) is 72.9 Å². The van der Waals surface area contributed by atoms with E-state index in [0.29, 0.717) is 6.42 Å². The van der Waals surface area contributed by atoms with Crippen LogP contribution < -0.4 is 5.32 Å². The summed E-state index contributed by atoms with van der Waals surface area (Å²) in [6.45, 7) is 3.67. The van der Waals surface area contributed by atoms with Crippen LogP contribution in [0.1, 0.15) is 284 Å². The lowest BCUT2D eigenvalue weighted by molar-refractivity contribution is -0.302. The van der Waals surface area contributed by atoms with E-state index in [1.165, 1.54) is 199 Å². The fourth-order valence-corrected chi connectivity index (χ4v) is 9.81. The summed E-state index contributed by atoms with van der Waals surface area (Å²) in [5.41, 5.74) is 0. The first-order valence-corrected chi connectivity index (χ1v) is 31.7. The van der Waals surface area contributed by atoms with Gasteiger partial charge >= 0.3 is 0 Å². The van der Waals surface area contributed by atoms with Crippen molar-refractivity contribution in [3.63, 3.8) is 0 Å². The number of carbonyl (C=O) groups is 1. The fraction of sp³-hybridized carbons (Fsp3) is 0.803. The molecule has 436 valence electrons. The van der Waals surface area contributed by atoms with E-state index in [0.717, 1.165) is 64.2 Å². The molecule has 0 aromatic heterocycles. The normalized spacial score (nSPS) is 19.4. The molecule has 1 fully saturated rings. The average Bonchev–Trinajstić information content (AvgIpc) is 3.41. The van der Waals surface area contributed by atoms with Crippen LogP contribution in [0.15, 0.2) is 72.9 Å². The maximum Gasteiger partial charge on any atom is 0.220 e. The van der Waals surface area contributed by atoms with Crippen LogP contribution in [0.4, 0.5) is 0 Å². The van der Waals surface area contributed by atoms with Gasteiger partial charge in [0.05, 0.1) is 25.4 Å². The number of nitrogens with one attached hydrogen (secondary N) is 1. The molecule has 1 aliphatic heterocycles. The Hall–Kier alpha value is -2.37. The standard InChI is InChI=1S/C66H119NO8/c1-3-5-7-9-11-13-15-17-19-21-22-23-24-25-26-27-28-29-30-31-32-33-34-35-36-37-38-40-42-44-46-48-50-52-54-56-62(70)67-59(58-74-66-65(73)64(72)63(71)61(57-68)75-66)60(69)55-53-51-49-47-45-43-41-39-20-18-16-14-12-10-8-6-4-2/h5,7,11,13,17,19,22-23,45,47,53,55,59-61,63-66,68-69,71-73H,3-4,6,8-10,12,14-16,18,20-21,24-44,46,48-52,54,56-58H2,1-2H3,(H,67,70)/b7-5-,13-11-,19-17-,23-22-,47-45+,55-53+. The summed E-state index contributed by atoms with van der Waals surface area (Å²) in [6, 6.07) is -0.823. The van der Waals surface area contributed by atoms with Gasteiger partial charge in [0.25, 0.3) is 0 Å². The molecule has 0 bridgehead atoms. The van der Waals surface area contributed by atoms with E-state index in [1.54, 1.807) is 6.08 Å². The lowest BCUT2D eigenvalue weighted by Crippen LogP contribution is -2.60. The number of aliphatic hydroxyl groups is 5. The van der Waals surface area contributed by atoms with Crippen molar-refractivity contribution < 1.29 is 39.8 Å². The van der Waals surface area contributed by atoms with Crippen LogP contribution >= 0.6 is 0 Å². The summed E-state index contributed by atoms with van der Waals surface area (Å²) >= 11 is 0. The van der Waals surface area contributed by atoms with E-state index in [-0.39, 0.29) is 12.5 Å². The third kappa shape index (κ3) is 44.2. The Labute approximate surface area is 461 Å². The topological polar surface area (TPSA) is 149 Å². The zero-order valence-corrected chi connectivity index (χ0v) is 48.5. The van der Waals surface area contributed by atoms with Crippen molar-refractivity contribution >= 4 is 5.91 Å². The smallest absolute Gasteiger partial charge is 0.220 e. The summed E-state index contributed by atoms with van der Waals surface area (Å²) in [4.78, 5) is 13.1. The molecule has 1 amide bonds. The van der Waals surface area contributed by atoms with E-state index in [2.05, 4.69) is 79.9 Å². The molecule has 0 aromatic rings. The highest BCUT2D eigenvalue weighted by Crippen LogP contribution is 2.23. The minimum atomic E-state index is -1.57. The second-order valence-corrected chi connectivity index (χ2v) is 21.8. The molecule has 7 atom stereocenters. The highest BCUT2D eigenvalue weighted by Gasteiger charge is 2.44. The number of carbonyl (C=O) groups excluding carboxylic acids is 1. The van der Waals surface area contributed by atoms with Crippen LogP contribution in [0, 0.1) is 0 Å². The molecule has 0 aliphatic carbocycles. The van der Waals surface area contributed by atoms with Gasteiger partial charge in [-0.05, 0) is 70.6 Å². The molecule has 0 radical (unpaired) electrons. The number of hydrogen-bond acceptors (Lipinski definition) is 8. The summed E-state index contributed by atoms with van der Waals surface area (Å²) < 4.78 is 11.3. The van der Waals surface area contributed by atoms with Gasteiger partial charge in [-0.2, -0.15) is 0 Å². The van der Waals surface area contributed by atoms with E-state index in [4.69, 9.17) is 9.47 Å². The van der Waals surface area contributed by atoms with Gasteiger partial charge in [0.2, 0.25) is 5.91 Å². The molecule has 9 nitrogen and oxygen atoms in total. The van der Waals surface area contributed by atoms with Gasteiger partial charge in [0, 0.05) is 6.42 Å². The minimum Gasteiger partial charge on any atom is -0.394 e. The van der Waals surface area contributed by atoms with Gasteiger partial charge in [-0.15, -0.1) is 0 Å². The van der Waals surface area contributed by atoms with Crippen molar-refractivity contribution in [2.24, 2.45) is 0 Å². The Morgan fingerprint density at radius 2 is 0.840 bits per heavy atom. The zero-order chi connectivity index (χ0) is 54.3. The molecule has 6 N–H and O–H groups in total. The molecule has 1 rings (SSSR count). The van der Waals surface area contributed by atoms with Crippen molar-refractivity contribution in [1.29, 1.82) is 0 Å². The number of ether oxygens (including phenoxy) is 2. The van der Waals surface area contributed by atoms with E-state index in [9.17, 15) is 30.3 Å². The van der Waals surface area contributed by atoms with Crippen LogP contribution in [0.25, 0.3) is 0 Å². The first kappa shape index (κ1) is 70.6. The zero-order valence-electron chi connectivity index (χ0n) is 48.5. The predicted molar refractivity (Wildman–Crippen MR) is 318 cm³/mol. The Kier molecular flexibility index (Phi) is 51.8. The maximum absolute atomic E-state index is 13.1. The Bertz CT molecular complexity index is 1410. The second kappa shape index (κ2) is 55.0. The van der Waals surface area contributed by atoms with Crippen molar-refractivity contribution in [1.82, 2.24) is 5.32 Å². The highest BCUT2D eigenvalue weighted by molar-refractivity contribution is 5.76. The van der Waals surface area contributed by atoms with E-state index in [1.807, 2.05) is 6.08 Å². The predicted octanol–water partition coefficient (Wildman–Crippen LogP) is 16.4. The number of allylic oxidation sites excluding steroid dienone is 11. The molecule has 0 spiro atoms. The van der Waals surface area contributed by atoms with Gasteiger partial charge < -0.3 is 40.3 Å². The van der Waals surface area contributed by atoms with Gasteiger partial charge in [-0.1, -0.05) is 279 Å². The van der Waals surface area contributed by atoms with Gasteiger partial charge in [-0.25, -0.2) is 0 Å². The lowest BCUT2D eigenvalue weighted by Gasteiger charge is -2.40. The number of amides is 1. The number of rotatable bonds is 54. The molecule has 75 heavy (non-hydrogen) atoms. The monoisotopic (exact) mass is 1050 g/mol. The van der Waals surface area contributed by atoms with Crippen LogP contribution in [0.2, 0.25) is 0 Å². The Morgan fingerprint density at radius 1 is 0.467 bits per heavy atom. The van der Waals surface area contributed by atoms with Gasteiger partial charge in [0.15, 0.2) is 6.29 Å². The lowest BCUT2D eigenvalue weighted by atomic mass is 9.99. The van der Waals surface area contributed by atoms with E-state index < -0.39 is 49.5 Å². The first-order valence-electron chi connectivity index (χ1n) is 31.7. The molecule has 0 aromatic carbocycles. The quantitative estimate of drug-likeness (QED) is 0.0261. The fourth-order valence-electron chi connectivity index (χ4n) is 9.81. The molecular weight excluding hydrogens is 935 g/mol. The molecule has 1 saturated heterocycles. The Morgan fingerprint density at radius 3 is 1.28 bits per heavy atom.